The molecule has 0 aromatic heterocycles. The van der Waals surface area contributed by atoms with E-state index < -0.39 is 0 Å². The van der Waals surface area contributed by atoms with E-state index in [1.165, 1.54) is 0 Å². The summed E-state index contributed by atoms with van der Waals surface area (Å²) in [7, 11) is 0. The van der Waals surface area contributed by atoms with E-state index >= 15 is 0 Å². The summed E-state index contributed by atoms with van der Waals surface area (Å²) in [5.41, 5.74) is 2.08. The number of carbonyl (C=O) groups is 1. The molecule has 0 radical (unpaired) electrons. The first-order chi connectivity index (χ1) is 10.2. The Bertz CT molecular complexity index is 642. The molecule has 1 aliphatic rings. The van der Waals surface area contributed by atoms with Gasteiger partial charge in [-0.1, -0.05) is 41.9 Å². The number of ether oxygens (including phenoxy) is 1. The fourth-order valence-electron chi connectivity index (χ4n) is 2.46. The van der Waals surface area contributed by atoms with Gasteiger partial charge in [-0.3, -0.25) is 4.79 Å². The summed E-state index contributed by atoms with van der Waals surface area (Å²) in [5.74, 6) is 0.677. The molecule has 0 saturated heterocycles. The first-order valence-corrected chi connectivity index (χ1v) is 7.33. The quantitative estimate of drug-likeness (QED) is 0.945. The molecule has 1 unspecified atom stereocenters. The van der Waals surface area contributed by atoms with Gasteiger partial charge in [0.1, 0.15) is 12.4 Å². The third-order valence-electron chi connectivity index (χ3n) is 3.61. The second kappa shape index (κ2) is 6.19. The van der Waals surface area contributed by atoms with Crippen LogP contribution >= 0.6 is 11.6 Å². The van der Waals surface area contributed by atoms with E-state index in [-0.39, 0.29) is 11.8 Å². The Morgan fingerprint density at radius 2 is 2.05 bits per heavy atom. The highest BCUT2D eigenvalue weighted by molar-refractivity contribution is 6.30. The Morgan fingerprint density at radius 3 is 2.86 bits per heavy atom. The monoisotopic (exact) mass is 301 g/mol. The van der Waals surface area contributed by atoms with Crippen molar-refractivity contribution in [3.8, 4) is 5.75 Å². The van der Waals surface area contributed by atoms with Crippen LogP contribution in [0.4, 0.5) is 0 Å². The lowest BCUT2D eigenvalue weighted by Gasteiger charge is -2.24. The van der Waals surface area contributed by atoms with Crippen LogP contribution in [0.5, 0.6) is 5.75 Å². The van der Waals surface area contributed by atoms with Crippen LogP contribution in [0.3, 0.4) is 0 Å². The molecule has 2 aromatic carbocycles. The van der Waals surface area contributed by atoms with Crippen LogP contribution in [-0.4, -0.2) is 12.5 Å². The average molecular weight is 302 g/mol. The number of benzene rings is 2. The molecule has 21 heavy (non-hydrogen) atoms. The van der Waals surface area contributed by atoms with Gasteiger partial charge in [-0.05, 0) is 35.7 Å². The molecule has 3 nitrogen and oxygen atoms in total. The largest absolute Gasteiger partial charge is 0.492 e. The molecule has 3 rings (SSSR count). The summed E-state index contributed by atoms with van der Waals surface area (Å²) in [6.45, 7) is 0.952. The van der Waals surface area contributed by atoms with Crippen molar-refractivity contribution >= 4 is 17.5 Å². The number of carbonyl (C=O) groups excluding carboxylic acids is 1. The van der Waals surface area contributed by atoms with E-state index in [2.05, 4.69) is 5.32 Å². The SMILES string of the molecule is O=C(NCc1ccccc1)C1COc2ccc(Cl)cc2C1. The Morgan fingerprint density at radius 1 is 1.24 bits per heavy atom. The van der Waals surface area contributed by atoms with Gasteiger partial charge in [0.05, 0.1) is 5.92 Å². The van der Waals surface area contributed by atoms with Gasteiger partial charge in [0.15, 0.2) is 0 Å². The third kappa shape index (κ3) is 3.37. The highest BCUT2D eigenvalue weighted by Crippen LogP contribution is 2.29. The van der Waals surface area contributed by atoms with Gasteiger partial charge in [0, 0.05) is 11.6 Å². The molecule has 1 N–H and O–H groups in total. The Kier molecular flexibility index (Phi) is 4.11. The molecule has 0 saturated carbocycles. The lowest BCUT2D eigenvalue weighted by Crippen LogP contribution is -2.37. The number of fused-ring (bicyclic) bond motifs is 1. The number of halogens is 1. The minimum Gasteiger partial charge on any atom is -0.492 e. The molecule has 0 fully saturated rings. The summed E-state index contributed by atoms with van der Waals surface area (Å²) in [4.78, 5) is 12.2. The summed E-state index contributed by atoms with van der Waals surface area (Å²) in [5, 5.41) is 3.63. The lowest BCUT2D eigenvalue weighted by molar-refractivity contribution is -0.126. The highest BCUT2D eigenvalue weighted by Gasteiger charge is 2.25. The summed E-state index contributed by atoms with van der Waals surface area (Å²) < 4.78 is 5.64. The van der Waals surface area contributed by atoms with E-state index in [9.17, 15) is 4.79 Å². The number of amides is 1. The molecule has 0 aliphatic carbocycles. The number of nitrogens with one attached hydrogen (secondary N) is 1. The maximum Gasteiger partial charge on any atom is 0.227 e. The van der Waals surface area contributed by atoms with Crippen molar-refractivity contribution in [2.75, 3.05) is 6.61 Å². The van der Waals surface area contributed by atoms with Crippen molar-refractivity contribution in [3.63, 3.8) is 0 Å². The predicted molar refractivity (Wildman–Crippen MR) is 82.4 cm³/mol. The zero-order valence-corrected chi connectivity index (χ0v) is 12.3. The normalized spacial score (nSPS) is 16.7. The third-order valence-corrected chi connectivity index (χ3v) is 3.84. The van der Waals surface area contributed by atoms with Crippen LogP contribution in [0.25, 0.3) is 0 Å². The Hall–Kier alpha value is -2.00. The molecule has 1 aliphatic heterocycles. The van der Waals surface area contributed by atoms with Crippen molar-refractivity contribution < 1.29 is 9.53 Å². The van der Waals surface area contributed by atoms with Crippen LogP contribution in [0.2, 0.25) is 5.02 Å². The van der Waals surface area contributed by atoms with E-state index in [1.807, 2.05) is 42.5 Å². The molecule has 0 bridgehead atoms. The van der Waals surface area contributed by atoms with Gasteiger partial charge in [0.25, 0.3) is 0 Å². The molecule has 1 amide bonds. The highest BCUT2D eigenvalue weighted by atomic mass is 35.5. The number of hydrogen-bond donors (Lipinski definition) is 1. The van der Waals surface area contributed by atoms with Crippen LogP contribution in [0, 0.1) is 5.92 Å². The van der Waals surface area contributed by atoms with Crippen LogP contribution in [-0.2, 0) is 17.8 Å². The van der Waals surface area contributed by atoms with Crippen molar-refractivity contribution in [2.24, 2.45) is 5.92 Å². The standard InChI is InChI=1S/C17H16ClNO2/c18-15-6-7-16-13(9-15)8-14(11-21-16)17(20)19-10-12-4-2-1-3-5-12/h1-7,9,14H,8,10-11H2,(H,19,20). The zero-order valence-electron chi connectivity index (χ0n) is 11.5. The maximum absolute atomic E-state index is 12.2. The van der Waals surface area contributed by atoms with Gasteiger partial charge >= 0.3 is 0 Å². The smallest absolute Gasteiger partial charge is 0.227 e. The van der Waals surface area contributed by atoms with Gasteiger partial charge in [-0.25, -0.2) is 0 Å². The minimum atomic E-state index is -0.167. The van der Waals surface area contributed by atoms with Crippen LogP contribution < -0.4 is 10.1 Å². The molecule has 1 atom stereocenters. The second-order valence-electron chi connectivity index (χ2n) is 5.17. The summed E-state index contributed by atoms with van der Waals surface area (Å²) in [6.07, 6.45) is 0.663. The van der Waals surface area contributed by atoms with Crippen molar-refractivity contribution in [1.29, 1.82) is 0 Å². The fourth-order valence-corrected chi connectivity index (χ4v) is 2.66. The van der Waals surface area contributed by atoms with Gasteiger partial charge in [0.2, 0.25) is 5.91 Å². The van der Waals surface area contributed by atoms with E-state index in [4.69, 9.17) is 16.3 Å². The lowest BCUT2D eigenvalue weighted by atomic mass is 9.96. The molecule has 0 spiro atoms. The molecule has 2 aromatic rings. The van der Waals surface area contributed by atoms with Crippen molar-refractivity contribution in [3.05, 3.63) is 64.7 Å². The predicted octanol–water partition coefficient (Wildman–Crippen LogP) is 3.21. The van der Waals surface area contributed by atoms with Crippen LogP contribution in [0.15, 0.2) is 48.5 Å². The molecular formula is C17H16ClNO2. The molecule has 4 heteroatoms. The van der Waals surface area contributed by atoms with E-state index in [0.29, 0.717) is 24.6 Å². The van der Waals surface area contributed by atoms with E-state index in [0.717, 1.165) is 16.9 Å². The topological polar surface area (TPSA) is 38.3 Å². The fraction of sp³-hybridized carbons (Fsp3) is 0.235. The van der Waals surface area contributed by atoms with E-state index in [1.54, 1.807) is 6.07 Å². The molecular weight excluding hydrogens is 286 g/mol. The van der Waals surface area contributed by atoms with Crippen molar-refractivity contribution in [1.82, 2.24) is 5.32 Å². The van der Waals surface area contributed by atoms with Gasteiger partial charge in [-0.2, -0.15) is 0 Å². The molecule has 108 valence electrons. The Labute approximate surface area is 128 Å². The number of hydrogen-bond acceptors (Lipinski definition) is 2. The van der Waals surface area contributed by atoms with Gasteiger partial charge in [-0.15, -0.1) is 0 Å². The Balaban J connectivity index is 1.61. The van der Waals surface area contributed by atoms with Crippen LogP contribution in [0.1, 0.15) is 11.1 Å². The minimum absolute atomic E-state index is 0.0180. The maximum atomic E-state index is 12.2. The average Bonchev–Trinajstić information content (AvgIpc) is 2.53. The van der Waals surface area contributed by atoms with Gasteiger partial charge < -0.3 is 10.1 Å². The second-order valence-corrected chi connectivity index (χ2v) is 5.60. The first kappa shape index (κ1) is 14.0. The number of rotatable bonds is 3. The first-order valence-electron chi connectivity index (χ1n) is 6.95. The summed E-state index contributed by atoms with van der Waals surface area (Å²) in [6, 6.07) is 15.4. The molecule has 1 heterocycles. The van der Waals surface area contributed by atoms with Crippen molar-refractivity contribution in [2.45, 2.75) is 13.0 Å². The summed E-state index contributed by atoms with van der Waals surface area (Å²) >= 11 is 5.99. The zero-order chi connectivity index (χ0) is 14.7.